The maximum absolute atomic E-state index is 8.01. The highest BCUT2D eigenvalue weighted by atomic mass is 16.5. The maximum Gasteiger partial charge on any atom is 0.324 e. The van der Waals surface area contributed by atoms with E-state index in [9.17, 15) is 0 Å². The molecule has 0 spiro atoms. The highest BCUT2D eigenvalue weighted by Crippen LogP contribution is 2.33. The van der Waals surface area contributed by atoms with Crippen LogP contribution in [0, 0.1) is 27.3 Å². The molecule has 110 valence electrons. The zero-order chi connectivity index (χ0) is 16.7. The molecule has 0 aromatic heterocycles. The number of hydrogen-bond acceptors (Lipinski definition) is 2. The summed E-state index contributed by atoms with van der Waals surface area (Å²) < 4.78 is 19.6. The molecule has 1 unspecified atom stereocenters. The number of fused-ring (bicyclic) bond motifs is 1. The summed E-state index contributed by atoms with van der Waals surface area (Å²) in [5, 5.41) is 0. The molecule has 1 heterocycles. The Balaban J connectivity index is 2.00. The van der Waals surface area contributed by atoms with E-state index in [0.29, 0.717) is 5.69 Å². The lowest BCUT2D eigenvalue weighted by Crippen LogP contribution is -2.24. The number of ether oxygens (including phenoxy) is 1. The monoisotopic (exact) mass is 292 g/mol. The molecule has 4 heteroatoms. The number of nitrogens with zero attached hydrogens (tertiary/aromatic N) is 1. The number of rotatable bonds is 2. The molecule has 0 fully saturated rings. The fourth-order valence-electron chi connectivity index (χ4n) is 2.66. The van der Waals surface area contributed by atoms with Crippen LogP contribution in [0.1, 0.15) is 23.6 Å². The molecule has 3 rings (SSSR count). The summed E-state index contributed by atoms with van der Waals surface area (Å²) in [5.74, 6) is 1.48. The first-order valence-corrected chi connectivity index (χ1v) is 7.29. The summed E-state index contributed by atoms with van der Waals surface area (Å²) in [5.41, 5.74) is 5.41. The van der Waals surface area contributed by atoms with E-state index in [0.717, 1.165) is 39.2 Å². The van der Waals surface area contributed by atoms with Crippen molar-refractivity contribution in [1.29, 1.82) is 0 Å². The summed E-state index contributed by atoms with van der Waals surface area (Å²) in [6.45, 7) is 14.3. The molecule has 0 aliphatic carbocycles. The van der Waals surface area contributed by atoms with E-state index in [2.05, 4.69) is 4.85 Å². The normalized spacial score (nSPS) is 17.0. The average molecular weight is 292 g/mol. The second kappa shape index (κ2) is 5.51. The lowest BCUT2D eigenvalue weighted by atomic mass is 9.64. The quantitative estimate of drug-likeness (QED) is 0.608. The molecule has 2 aromatic rings. The van der Waals surface area contributed by atoms with Crippen LogP contribution in [0.3, 0.4) is 0 Å². The summed E-state index contributed by atoms with van der Waals surface area (Å²) >= 11 is 0. The second-order valence-electron chi connectivity index (χ2n) is 5.76. The molecule has 0 bridgehead atoms. The Hall–Kier alpha value is -2.25. The van der Waals surface area contributed by atoms with Gasteiger partial charge in [0.1, 0.15) is 11.5 Å². The molecule has 22 heavy (non-hydrogen) atoms. The minimum atomic E-state index is -0.657. The molecule has 0 radical (unpaired) electrons. The molecule has 0 N–H and O–H groups in total. The highest BCUT2D eigenvalue weighted by Gasteiger charge is 2.24. The number of benzene rings is 2. The van der Waals surface area contributed by atoms with Crippen molar-refractivity contribution in [3.8, 4) is 11.5 Å². The zero-order valence-corrected chi connectivity index (χ0v) is 13.2. The van der Waals surface area contributed by atoms with Gasteiger partial charge < -0.3 is 9.39 Å². The van der Waals surface area contributed by atoms with Crippen LogP contribution in [-0.4, -0.2) is 6.92 Å². The molecule has 0 saturated carbocycles. The van der Waals surface area contributed by atoms with Crippen LogP contribution < -0.4 is 10.2 Å². The minimum absolute atomic E-state index is 0.0535. The molecule has 0 amide bonds. The van der Waals surface area contributed by atoms with Gasteiger partial charge in [-0.2, -0.15) is 0 Å². The third-order valence-electron chi connectivity index (χ3n) is 4.05. The van der Waals surface area contributed by atoms with E-state index < -0.39 is 6.58 Å². The average Bonchev–Trinajstić information content (AvgIpc) is 2.77. The molecular weight excluding hydrogens is 273 g/mol. The van der Waals surface area contributed by atoms with E-state index in [1.54, 1.807) is 0 Å². The molecule has 1 aliphatic heterocycles. The van der Waals surface area contributed by atoms with E-state index in [1.165, 1.54) is 0 Å². The lowest BCUT2D eigenvalue weighted by molar-refractivity contribution is 0.333. The maximum atomic E-state index is 8.01. The summed E-state index contributed by atoms with van der Waals surface area (Å²) in [6, 6.07) is 7.69. The van der Waals surface area contributed by atoms with Crippen molar-refractivity contribution < 1.29 is 10.8 Å². The van der Waals surface area contributed by atoms with Gasteiger partial charge in [0.05, 0.1) is 14.5 Å². The summed E-state index contributed by atoms with van der Waals surface area (Å²) in [6.07, 6.45) is 0. The van der Waals surface area contributed by atoms with Gasteiger partial charge in [0.2, 0.25) is 0 Å². The standard InChI is InChI=1S/C18H18BNO2/c1-11-8-17(13(3)7-16(11)20-5)22-18-9-14-10-21-19(4)15(14)6-12(18)2/h6-9H,10H2,1-4H3/i10D. The largest absolute Gasteiger partial charge is 0.457 e. The van der Waals surface area contributed by atoms with Crippen LogP contribution in [0.5, 0.6) is 11.5 Å². The summed E-state index contributed by atoms with van der Waals surface area (Å²) in [7, 11) is 0. The van der Waals surface area contributed by atoms with Gasteiger partial charge in [-0.15, -0.1) is 0 Å². The van der Waals surface area contributed by atoms with Gasteiger partial charge in [-0.1, -0.05) is 12.9 Å². The molecular formula is C18H18BNO2. The Morgan fingerprint density at radius 2 is 1.82 bits per heavy atom. The fourth-order valence-corrected chi connectivity index (χ4v) is 2.66. The van der Waals surface area contributed by atoms with E-state index in [-0.39, 0.29) is 6.92 Å². The van der Waals surface area contributed by atoms with Crippen LogP contribution in [0.15, 0.2) is 24.3 Å². The smallest absolute Gasteiger partial charge is 0.324 e. The third-order valence-corrected chi connectivity index (χ3v) is 4.05. The van der Waals surface area contributed by atoms with Crippen molar-refractivity contribution in [3.05, 3.63) is 57.9 Å². The van der Waals surface area contributed by atoms with Crippen LogP contribution in [0.2, 0.25) is 6.82 Å². The number of aryl methyl sites for hydroxylation is 3. The highest BCUT2D eigenvalue weighted by molar-refractivity contribution is 6.67. The van der Waals surface area contributed by atoms with Gasteiger partial charge in [0.25, 0.3) is 0 Å². The summed E-state index contributed by atoms with van der Waals surface area (Å²) in [4.78, 5) is 3.52. The predicted molar refractivity (Wildman–Crippen MR) is 89.5 cm³/mol. The Bertz CT molecular complexity index is 829. The van der Waals surface area contributed by atoms with Crippen molar-refractivity contribution >= 4 is 18.1 Å². The van der Waals surface area contributed by atoms with Crippen molar-refractivity contribution in [3.63, 3.8) is 0 Å². The van der Waals surface area contributed by atoms with Crippen molar-refractivity contribution in [2.45, 2.75) is 34.2 Å². The third kappa shape index (κ3) is 2.49. The van der Waals surface area contributed by atoms with E-state index in [4.69, 9.17) is 17.3 Å². The predicted octanol–water partition coefficient (Wildman–Crippen LogP) is 4.31. The van der Waals surface area contributed by atoms with Crippen LogP contribution >= 0.6 is 0 Å². The first kappa shape index (κ1) is 13.4. The minimum Gasteiger partial charge on any atom is -0.457 e. The Morgan fingerprint density at radius 3 is 2.55 bits per heavy atom. The van der Waals surface area contributed by atoms with Crippen LogP contribution in [0.25, 0.3) is 4.85 Å². The van der Waals surface area contributed by atoms with Gasteiger partial charge in [-0.3, -0.25) is 0 Å². The van der Waals surface area contributed by atoms with Gasteiger partial charge in [0, 0.05) is 0 Å². The lowest BCUT2D eigenvalue weighted by Gasteiger charge is -2.14. The first-order chi connectivity index (χ1) is 10.9. The topological polar surface area (TPSA) is 22.8 Å². The van der Waals surface area contributed by atoms with Crippen LogP contribution in [0.4, 0.5) is 5.69 Å². The molecule has 2 aromatic carbocycles. The van der Waals surface area contributed by atoms with E-state index in [1.807, 2.05) is 51.9 Å². The first-order valence-electron chi connectivity index (χ1n) is 7.87. The zero-order valence-electron chi connectivity index (χ0n) is 14.2. The molecule has 1 aliphatic rings. The van der Waals surface area contributed by atoms with Crippen molar-refractivity contribution in [1.82, 2.24) is 0 Å². The van der Waals surface area contributed by atoms with Crippen LogP contribution in [-0.2, 0) is 11.2 Å². The SMILES string of the molecule is [2H]C1OB(C)c2cc(C)c(Oc3cc(C)c([N+]#[C-])cc3C)cc21. The number of hydrogen-bond donors (Lipinski definition) is 0. The Kier molecular flexibility index (Phi) is 3.36. The van der Waals surface area contributed by atoms with Crippen molar-refractivity contribution in [2.75, 3.05) is 0 Å². The van der Waals surface area contributed by atoms with Gasteiger partial charge in [-0.05, 0) is 66.7 Å². The van der Waals surface area contributed by atoms with E-state index >= 15 is 0 Å². The Morgan fingerprint density at radius 1 is 1.14 bits per heavy atom. The van der Waals surface area contributed by atoms with Gasteiger partial charge >= 0.3 is 6.92 Å². The van der Waals surface area contributed by atoms with Crippen molar-refractivity contribution in [2.24, 2.45) is 0 Å². The molecule has 1 atom stereocenters. The molecule has 0 saturated heterocycles. The molecule has 3 nitrogen and oxygen atoms in total. The Labute approximate surface area is 133 Å². The van der Waals surface area contributed by atoms with Gasteiger partial charge in [-0.25, -0.2) is 4.85 Å². The van der Waals surface area contributed by atoms with Gasteiger partial charge in [0.15, 0.2) is 5.69 Å². The second-order valence-corrected chi connectivity index (χ2v) is 5.76. The fraction of sp³-hybridized carbons (Fsp3) is 0.278.